The van der Waals surface area contributed by atoms with Gasteiger partial charge in [0.2, 0.25) is 0 Å². The lowest BCUT2D eigenvalue weighted by Gasteiger charge is -2.27. The predicted molar refractivity (Wildman–Crippen MR) is 108 cm³/mol. The van der Waals surface area contributed by atoms with Crippen molar-refractivity contribution in [2.75, 3.05) is 11.9 Å². The highest BCUT2D eigenvalue weighted by Crippen LogP contribution is 2.39. The van der Waals surface area contributed by atoms with E-state index in [1.807, 2.05) is 11.8 Å². The SMILES string of the molecule is C[C@@H](c1ncnn1-c1ncccn1)N(C)c1ccnc2c(C(F)(F)F)cc(Br)cc12. The normalized spacial score (nSPS) is 12.9. The minimum Gasteiger partial charge on any atom is -0.364 e. The topological polar surface area (TPSA) is 72.6 Å². The Morgan fingerprint density at radius 3 is 2.50 bits per heavy atom. The molecule has 7 nitrogen and oxygen atoms in total. The number of alkyl halides is 3. The molecule has 0 radical (unpaired) electrons. The maximum absolute atomic E-state index is 13.5. The Balaban J connectivity index is 1.81. The van der Waals surface area contributed by atoms with Gasteiger partial charge in [0.05, 0.1) is 17.1 Å². The van der Waals surface area contributed by atoms with Crippen molar-refractivity contribution in [2.45, 2.75) is 19.1 Å². The van der Waals surface area contributed by atoms with E-state index < -0.39 is 11.7 Å². The molecule has 1 aromatic carbocycles. The van der Waals surface area contributed by atoms with Crippen LogP contribution in [0.5, 0.6) is 0 Å². The van der Waals surface area contributed by atoms with E-state index in [9.17, 15) is 13.2 Å². The third-order valence-electron chi connectivity index (χ3n) is 4.74. The van der Waals surface area contributed by atoms with Crippen molar-refractivity contribution < 1.29 is 13.2 Å². The van der Waals surface area contributed by atoms with Gasteiger partial charge in [-0.1, -0.05) is 15.9 Å². The van der Waals surface area contributed by atoms with Gasteiger partial charge < -0.3 is 4.90 Å². The van der Waals surface area contributed by atoms with Crippen LogP contribution in [0, 0.1) is 0 Å². The van der Waals surface area contributed by atoms with E-state index in [-0.39, 0.29) is 11.6 Å². The zero-order valence-corrected chi connectivity index (χ0v) is 17.4. The van der Waals surface area contributed by atoms with Crippen molar-refractivity contribution in [1.82, 2.24) is 29.7 Å². The van der Waals surface area contributed by atoms with E-state index in [2.05, 4.69) is 41.0 Å². The first-order chi connectivity index (χ1) is 14.3. The van der Waals surface area contributed by atoms with Crippen molar-refractivity contribution >= 4 is 32.5 Å². The van der Waals surface area contributed by atoms with Crippen LogP contribution in [-0.2, 0) is 6.18 Å². The van der Waals surface area contributed by atoms with Gasteiger partial charge in [0.1, 0.15) is 6.33 Å². The summed E-state index contributed by atoms with van der Waals surface area (Å²) in [6.45, 7) is 1.87. The molecule has 0 fully saturated rings. The number of halogens is 4. The average molecular weight is 478 g/mol. The Morgan fingerprint density at radius 2 is 1.80 bits per heavy atom. The van der Waals surface area contributed by atoms with Crippen LogP contribution in [0.15, 0.2) is 53.7 Å². The Hall–Kier alpha value is -3.08. The van der Waals surface area contributed by atoms with Gasteiger partial charge in [-0.2, -0.15) is 23.0 Å². The van der Waals surface area contributed by atoms with Gasteiger partial charge in [0.25, 0.3) is 5.95 Å². The highest BCUT2D eigenvalue weighted by atomic mass is 79.9. The third kappa shape index (κ3) is 3.60. The minimum atomic E-state index is -4.53. The van der Waals surface area contributed by atoms with E-state index in [0.717, 1.165) is 6.07 Å². The van der Waals surface area contributed by atoms with Crippen LogP contribution in [0.1, 0.15) is 24.4 Å². The van der Waals surface area contributed by atoms with Crippen LogP contribution in [0.3, 0.4) is 0 Å². The highest BCUT2D eigenvalue weighted by molar-refractivity contribution is 9.10. The number of hydrogen-bond donors (Lipinski definition) is 0. The van der Waals surface area contributed by atoms with Crippen LogP contribution in [0.25, 0.3) is 16.9 Å². The molecular formula is C19H15BrF3N7. The third-order valence-corrected chi connectivity index (χ3v) is 5.20. The predicted octanol–water partition coefficient (Wildman–Crippen LogP) is 4.58. The summed E-state index contributed by atoms with van der Waals surface area (Å²) in [4.78, 5) is 18.5. The van der Waals surface area contributed by atoms with Gasteiger partial charge in [0, 0.05) is 41.2 Å². The maximum Gasteiger partial charge on any atom is 0.418 e. The second kappa shape index (κ2) is 7.63. The van der Waals surface area contributed by atoms with E-state index in [4.69, 9.17) is 0 Å². The summed E-state index contributed by atoms with van der Waals surface area (Å²) in [6.07, 6.45) is 1.42. The van der Waals surface area contributed by atoms with Crippen LogP contribution < -0.4 is 4.90 Å². The fourth-order valence-corrected chi connectivity index (χ4v) is 3.66. The van der Waals surface area contributed by atoms with Crippen molar-refractivity contribution in [3.63, 3.8) is 0 Å². The number of benzene rings is 1. The summed E-state index contributed by atoms with van der Waals surface area (Å²) >= 11 is 3.19. The molecule has 0 unspecified atom stereocenters. The molecule has 4 rings (SSSR count). The minimum absolute atomic E-state index is 0.116. The average Bonchev–Trinajstić information content (AvgIpc) is 3.21. The summed E-state index contributed by atoms with van der Waals surface area (Å²) < 4.78 is 42.4. The zero-order chi connectivity index (χ0) is 21.5. The van der Waals surface area contributed by atoms with Crippen molar-refractivity contribution in [1.29, 1.82) is 0 Å². The first kappa shape index (κ1) is 20.2. The Kier molecular flexibility index (Phi) is 5.14. The lowest BCUT2D eigenvalue weighted by Crippen LogP contribution is -2.25. The molecule has 11 heteroatoms. The molecular weight excluding hydrogens is 463 g/mol. The van der Waals surface area contributed by atoms with E-state index >= 15 is 0 Å². The number of pyridine rings is 1. The molecule has 0 aliphatic rings. The van der Waals surface area contributed by atoms with Gasteiger partial charge >= 0.3 is 6.18 Å². The molecule has 3 heterocycles. The lowest BCUT2D eigenvalue weighted by atomic mass is 10.1. The van der Waals surface area contributed by atoms with Gasteiger partial charge in [-0.05, 0) is 31.2 Å². The molecule has 0 spiro atoms. The molecule has 0 bridgehead atoms. The van der Waals surface area contributed by atoms with E-state index in [0.29, 0.717) is 27.3 Å². The van der Waals surface area contributed by atoms with Crippen LogP contribution in [0.4, 0.5) is 18.9 Å². The summed E-state index contributed by atoms with van der Waals surface area (Å²) in [7, 11) is 1.78. The monoisotopic (exact) mass is 477 g/mol. The van der Waals surface area contributed by atoms with E-state index in [1.165, 1.54) is 17.2 Å². The second-order valence-electron chi connectivity index (χ2n) is 6.54. The highest BCUT2D eigenvalue weighted by Gasteiger charge is 2.34. The molecule has 3 aromatic heterocycles. The van der Waals surface area contributed by atoms with Crippen LogP contribution in [0.2, 0.25) is 0 Å². The zero-order valence-electron chi connectivity index (χ0n) is 15.8. The Morgan fingerprint density at radius 1 is 1.07 bits per heavy atom. The van der Waals surface area contributed by atoms with Gasteiger partial charge in [-0.3, -0.25) is 4.98 Å². The summed E-state index contributed by atoms with van der Waals surface area (Å²) in [5.41, 5.74) is -0.339. The molecule has 0 N–H and O–H groups in total. The second-order valence-corrected chi connectivity index (χ2v) is 7.46. The number of hydrogen-bond acceptors (Lipinski definition) is 6. The molecule has 4 aromatic rings. The maximum atomic E-state index is 13.5. The first-order valence-corrected chi connectivity index (χ1v) is 9.62. The Bertz CT molecular complexity index is 1190. The van der Waals surface area contributed by atoms with Gasteiger partial charge in [-0.15, -0.1) is 0 Å². The number of nitrogens with zero attached hydrogens (tertiary/aromatic N) is 7. The van der Waals surface area contributed by atoms with Gasteiger partial charge in [0.15, 0.2) is 5.82 Å². The number of anilines is 1. The summed E-state index contributed by atoms with van der Waals surface area (Å²) in [6, 6.07) is 5.67. The molecule has 1 atom stereocenters. The van der Waals surface area contributed by atoms with Gasteiger partial charge in [-0.25, -0.2) is 15.0 Å². The molecule has 154 valence electrons. The number of rotatable bonds is 4. The molecule has 0 saturated carbocycles. The quantitative estimate of drug-likeness (QED) is 0.428. The lowest BCUT2D eigenvalue weighted by molar-refractivity contribution is -0.136. The molecule has 30 heavy (non-hydrogen) atoms. The fourth-order valence-electron chi connectivity index (χ4n) is 3.20. The standard InChI is InChI=1S/C19H15BrF3N7/c1-11(17-27-10-28-30(17)18-25-5-3-6-26-18)29(2)15-4-7-24-16-13(15)8-12(20)9-14(16)19(21,22)23/h3-11H,1-2H3/t11-/m0/s1. The molecule has 0 aliphatic carbocycles. The first-order valence-electron chi connectivity index (χ1n) is 8.83. The summed E-state index contributed by atoms with van der Waals surface area (Å²) in [5, 5.41) is 4.56. The van der Waals surface area contributed by atoms with Crippen molar-refractivity contribution in [2.24, 2.45) is 0 Å². The van der Waals surface area contributed by atoms with E-state index in [1.54, 1.807) is 37.6 Å². The molecule has 0 aliphatic heterocycles. The largest absolute Gasteiger partial charge is 0.418 e. The van der Waals surface area contributed by atoms with Crippen LogP contribution >= 0.6 is 15.9 Å². The molecule has 0 amide bonds. The van der Waals surface area contributed by atoms with Crippen molar-refractivity contribution in [3.05, 3.63) is 65.0 Å². The molecule has 0 saturated heterocycles. The fraction of sp³-hybridized carbons (Fsp3) is 0.211. The number of aromatic nitrogens is 6. The Labute approximate surface area is 177 Å². The summed E-state index contributed by atoms with van der Waals surface area (Å²) in [5.74, 6) is 0.895. The number of fused-ring (bicyclic) bond motifs is 1. The van der Waals surface area contributed by atoms with Crippen molar-refractivity contribution in [3.8, 4) is 5.95 Å². The smallest absolute Gasteiger partial charge is 0.364 e. The van der Waals surface area contributed by atoms with Crippen LogP contribution in [-0.4, -0.2) is 36.8 Å².